The number of rotatable bonds is 9. The van der Waals surface area contributed by atoms with Crippen molar-refractivity contribution < 1.29 is 30.8 Å². The second kappa shape index (κ2) is 9.95. The number of piperidine rings is 1. The zero-order valence-corrected chi connectivity index (χ0v) is 25.5. The largest absolute Gasteiger partial charge is 0.360 e. The lowest BCUT2D eigenvalue weighted by Gasteiger charge is -2.73. The SMILES string of the molecule is CC(F)(F)CCS(=O)(=O)N(Cc1ccc(Cl)c(Cl)c1)C12CC(C3=NC(C)(C)[C@H](C(=O)N4CCC(F)(F)CC4)N3)(C1)C2. The Kier molecular flexibility index (Phi) is 7.48. The first-order valence-electron chi connectivity index (χ1n) is 13.6. The summed E-state index contributed by atoms with van der Waals surface area (Å²) in [6.45, 7) is 4.21. The van der Waals surface area contributed by atoms with Crippen LogP contribution in [0.1, 0.15) is 64.9 Å². The lowest BCUT2D eigenvalue weighted by Crippen LogP contribution is -2.78. The van der Waals surface area contributed by atoms with Gasteiger partial charge in [0.25, 0.3) is 5.92 Å². The quantitative estimate of drug-likeness (QED) is 0.362. The molecule has 1 amide bonds. The van der Waals surface area contributed by atoms with Crippen LogP contribution in [-0.2, 0) is 21.4 Å². The molecule has 2 heterocycles. The lowest BCUT2D eigenvalue weighted by atomic mass is 9.38. The number of nitrogens with zero attached hydrogens (tertiary/aromatic N) is 3. The van der Waals surface area contributed by atoms with E-state index in [9.17, 15) is 30.8 Å². The molecular formula is C27H34Cl2F4N4O3S. The average molecular weight is 642 g/mol. The molecule has 3 saturated carbocycles. The van der Waals surface area contributed by atoms with Crippen LogP contribution >= 0.6 is 23.2 Å². The van der Waals surface area contributed by atoms with E-state index in [0.717, 1.165) is 0 Å². The Morgan fingerprint density at radius 1 is 1.15 bits per heavy atom. The van der Waals surface area contributed by atoms with Crippen LogP contribution in [0.15, 0.2) is 23.2 Å². The third kappa shape index (κ3) is 5.82. The molecule has 41 heavy (non-hydrogen) atoms. The highest BCUT2D eigenvalue weighted by Crippen LogP contribution is 2.71. The third-order valence-electron chi connectivity index (χ3n) is 8.92. The molecule has 5 aliphatic rings. The van der Waals surface area contributed by atoms with Gasteiger partial charge < -0.3 is 10.2 Å². The normalized spacial score (nSPS) is 30.3. The molecule has 14 heteroatoms. The first-order valence-corrected chi connectivity index (χ1v) is 16.0. The third-order valence-corrected chi connectivity index (χ3v) is 11.6. The Balaban J connectivity index is 1.32. The van der Waals surface area contributed by atoms with E-state index in [1.165, 1.54) is 9.21 Å². The van der Waals surface area contributed by atoms with Crippen molar-refractivity contribution >= 4 is 45.0 Å². The van der Waals surface area contributed by atoms with E-state index in [1.807, 2.05) is 0 Å². The van der Waals surface area contributed by atoms with Crippen LogP contribution in [0.5, 0.6) is 0 Å². The number of halogens is 6. The van der Waals surface area contributed by atoms with Gasteiger partial charge in [-0.1, -0.05) is 29.3 Å². The number of amidine groups is 1. The molecule has 0 spiro atoms. The summed E-state index contributed by atoms with van der Waals surface area (Å²) in [6.07, 6.45) is -0.299. The van der Waals surface area contributed by atoms with Crippen molar-refractivity contribution in [1.82, 2.24) is 14.5 Å². The molecule has 1 saturated heterocycles. The highest BCUT2D eigenvalue weighted by Gasteiger charge is 2.75. The molecule has 228 valence electrons. The maximum Gasteiger partial charge on any atom is 0.251 e. The number of hydrogen-bond acceptors (Lipinski definition) is 5. The maximum atomic E-state index is 13.6. The van der Waals surface area contributed by atoms with Gasteiger partial charge >= 0.3 is 0 Å². The highest BCUT2D eigenvalue weighted by atomic mass is 35.5. The monoisotopic (exact) mass is 640 g/mol. The van der Waals surface area contributed by atoms with Crippen LogP contribution in [0.3, 0.4) is 0 Å². The topological polar surface area (TPSA) is 82.1 Å². The lowest BCUT2D eigenvalue weighted by molar-refractivity contribution is -0.151. The predicted octanol–water partition coefficient (Wildman–Crippen LogP) is 5.50. The number of amides is 1. The molecule has 2 aliphatic heterocycles. The van der Waals surface area contributed by atoms with Gasteiger partial charge in [-0.15, -0.1) is 0 Å². The van der Waals surface area contributed by atoms with Gasteiger partial charge in [-0.05, 0) is 57.7 Å². The molecule has 4 fully saturated rings. The summed E-state index contributed by atoms with van der Waals surface area (Å²) in [4.78, 5) is 19.6. The van der Waals surface area contributed by atoms with Crippen molar-refractivity contribution in [3.05, 3.63) is 33.8 Å². The molecule has 1 aromatic carbocycles. The zero-order chi connectivity index (χ0) is 30.2. The Morgan fingerprint density at radius 2 is 1.76 bits per heavy atom. The fourth-order valence-corrected chi connectivity index (χ4v) is 8.89. The van der Waals surface area contributed by atoms with E-state index >= 15 is 0 Å². The number of aliphatic imine (C=N–C) groups is 1. The minimum absolute atomic E-state index is 0.0258. The van der Waals surface area contributed by atoms with Gasteiger partial charge in [0.1, 0.15) is 11.9 Å². The summed E-state index contributed by atoms with van der Waals surface area (Å²) in [5.41, 5.74) is -1.49. The molecule has 0 aromatic heterocycles. The first-order chi connectivity index (χ1) is 18.8. The van der Waals surface area contributed by atoms with E-state index in [1.54, 1.807) is 32.0 Å². The van der Waals surface area contributed by atoms with Crippen LogP contribution in [0, 0.1) is 5.41 Å². The van der Waals surface area contributed by atoms with Crippen LogP contribution in [0.25, 0.3) is 0 Å². The molecule has 1 aromatic rings. The van der Waals surface area contributed by atoms with Gasteiger partial charge in [-0.3, -0.25) is 9.79 Å². The summed E-state index contributed by atoms with van der Waals surface area (Å²) in [6, 6.07) is 4.06. The van der Waals surface area contributed by atoms with Crippen LogP contribution in [0.2, 0.25) is 10.0 Å². The maximum absolute atomic E-state index is 13.6. The van der Waals surface area contributed by atoms with Gasteiger partial charge in [0.15, 0.2) is 0 Å². The Labute approximate surface area is 247 Å². The van der Waals surface area contributed by atoms with Gasteiger partial charge in [-0.2, -0.15) is 4.31 Å². The average Bonchev–Trinajstić information content (AvgIpc) is 3.11. The van der Waals surface area contributed by atoms with E-state index in [-0.39, 0.29) is 43.4 Å². The highest BCUT2D eigenvalue weighted by molar-refractivity contribution is 7.89. The fraction of sp³-hybridized carbons (Fsp3) is 0.704. The van der Waals surface area contributed by atoms with E-state index in [0.29, 0.717) is 42.6 Å². The molecule has 6 rings (SSSR count). The van der Waals surface area contributed by atoms with Gasteiger partial charge in [0.05, 0.1) is 21.3 Å². The number of nitrogens with one attached hydrogen (secondary N) is 1. The van der Waals surface area contributed by atoms with Gasteiger partial charge in [0, 0.05) is 49.9 Å². The molecule has 1 N–H and O–H groups in total. The van der Waals surface area contributed by atoms with E-state index in [4.69, 9.17) is 28.2 Å². The number of alkyl halides is 4. The van der Waals surface area contributed by atoms with E-state index in [2.05, 4.69) is 5.32 Å². The van der Waals surface area contributed by atoms with E-state index < -0.39 is 56.6 Å². The fourth-order valence-electron chi connectivity index (χ4n) is 6.60. The Morgan fingerprint density at radius 3 is 2.32 bits per heavy atom. The Bertz CT molecular complexity index is 1350. The van der Waals surface area contributed by atoms with Crippen LogP contribution < -0.4 is 5.32 Å². The minimum Gasteiger partial charge on any atom is -0.360 e. The second-order valence-corrected chi connectivity index (χ2v) is 15.6. The van der Waals surface area contributed by atoms with Crippen molar-refractivity contribution in [3.8, 4) is 0 Å². The van der Waals surface area contributed by atoms with Crippen molar-refractivity contribution in [2.75, 3.05) is 18.8 Å². The number of sulfonamides is 1. The molecule has 0 unspecified atom stereocenters. The smallest absolute Gasteiger partial charge is 0.251 e. The Hall–Kier alpha value is -1.63. The van der Waals surface area contributed by atoms with Crippen molar-refractivity contribution in [1.29, 1.82) is 0 Å². The summed E-state index contributed by atoms with van der Waals surface area (Å²) in [5, 5.41) is 3.83. The molecule has 7 nitrogen and oxygen atoms in total. The number of likely N-dealkylation sites (tertiary alicyclic amines) is 1. The molecule has 0 radical (unpaired) electrons. The molecule has 3 aliphatic carbocycles. The molecular weight excluding hydrogens is 607 g/mol. The number of carbonyl (C=O) groups is 1. The van der Waals surface area contributed by atoms with Crippen molar-refractivity contribution in [2.45, 2.75) is 94.8 Å². The first kappa shape index (κ1) is 30.8. The summed E-state index contributed by atoms with van der Waals surface area (Å²) < 4.78 is 82.8. The molecule has 1 atom stereocenters. The summed E-state index contributed by atoms with van der Waals surface area (Å²) in [5.74, 6) is -6.28. The summed E-state index contributed by atoms with van der Waals surface area (Å²) >= 11 is 12.2. The second-order valence-electron chi connectivity index (χ2n) is 12.8. The van der Waals surface area contributed by atoms with Crippen LogP contribution in [-0.4, -0.2) is 77.2 Å². The number of hydrogen-bond donors (Lipinski definition) is 1. The summed E-state index contributed by atoms with van der Waals surface area (Å²) in [7, 11) is -4.08. The molecule has 2 bridgehead atoms. The standard InChI is InChI=1S/C27H34Cl2F4N4O3S/c1-23(2)20(21(38)36-9-6-27(32,33)7-10-36)34-22(35-23)25-14-26(15-25,16-25)37(41(39,40)11-8-24(3,30)31)13-17-4-5-18(28)19(29)12-17/h4-5,12,20H,6-11,13-16H2,1-3H3,(H,34,35)/t20-,25?,26?/m0/s1. The number of benzene rings is 1. The predicted molar refractivity (Wildman–Crippen MR) is 149 cm³/mol. The van der Waals surface area contributed by atoms with Gasteiger partial charge in [0.2, 0.25) is 21.9 Å². The zero-order valence-electron chi connectivity index (χ0n) is 23.1. The number of carbonyl (C=O) groups excluding carboxylic acids is 1. The minimum atomic E-state index is -4.08. The van der Waals surface area contributed by atoms with Crippen molar-refractivity contribution in [2.24, 2.45) is 10.4 Å². The van der Waals surface area contributed by atoms with Crippen molar-refractivity contribution in [3.63, 3.8) is 0 Å². The van der Waals surface area contributed by atoms with Crippen LogP contribution in [0.4, 0.5) is 17.6 Å². The van der Waals surface area contributed by atoms with Gasteiger partial charge in [-0.25, -0.2) is 26.0 Å².